The van der Waals surface area contributed by atoms with E-state index in [4.69, 9.17) is 11.6 Å². The van der Waals surface area contributed by atoms with E-state index in [9.17, 15) is 14.7 Å². The smallest absolute Gasteiger partial charge is 0.326 e. The normalized spacial score (nSPS) is 11.6. The van der Waals surface area contributed by atoms with E-state index >= 15 is 0 Å². The number of carboxylic acids is 1. The maximum absolute atomic E-state index is 12.5. The number of rotatable bonds is 6. The van der Waals surface area contributed by atoms with Crippen LogP contribution in [0.1, 0.15) is 15.9 Å². The van der Waals surface area contributed by atoms with E-state index in [0.717, 1.165) is 11.1 Å². The molecule has 0 saturated heterocycles. The Balaban J connectivity index is 1.72. The van der Waals surface area contributed by atoms with Crippen LogP contribution in [-0.4, -0.2) is 23.0 Å². The molecule has 0 heterocycles. The maximum atomic E-state index is 12.5. The lowest BCUT2D eigenvalue weighted by Crippen LogP contribution is -2.42. The molecular formula is C22H18ClNO3. The van der Waals surface area contributed by atoms with Gasteiger partial charge >= 0.3 is 5.97 Å². The van der Waals surface area contributed by atoms with Crippen molar-refractivity contribution < 1.29 is 14.7 Å². The topological polar surface area (TPSA) is 66.4 Å². The molecule has 0 radical (unpaired) electrons. The fourth-order valence-electron chi connectivity index (χ4n) is 2.77. The van der Waals surface area contributed by atoms with Gasteiger partial charge in [0, 0.05) is 17.0 Å². The highest BCUT2D eigenvalue weighted by Crippen LogP contribution is 2.20. The first-order valence-electron chi connectivity index (χ1n) is 8.47. The molecule has 0 aromatic heterocycles. The molecule has 0 aliphatic heterocycles. The van der Waals surface area contributed by atoms with Crippen molar-refractivity contribution in [2.45, 2.75) is 12.5 Å². The van der Waals surface area contributed by atoms with Gasteiger partial charge in [-0.1, -0.05) is 72.3 Å². The van der Waals surface area contributed by atoms with E-state index in [1.807, 2.05) is 42.5 Å². The Kier molecular flexibility index (Phi) is 5.89. The van der Waals surface area contributed by atoms with Crippen LogP contribution < -0.4 is 5.32 Å². The lowest BCUT2D eigenvalue weighted by molar-refractivity contribution is -0.139. The van der Waals surface area contributed by atoms with Crippen molar-refractivity contribution in [1.29, 1.82) is 0 Å². The lowest BCUT2D eigenvalue weighted by Gasteiger charge is -2.15. The Bertz CT molecular complexity index is 939. The first-order chi connectivity index (χ1) is 13.0. The molecule has 27 heavy (non-hydrogen) atoms. The Labute approximate surface area is 162 Å². The Hall–Kier alpha value is -3.11. The molecule has 0 saturated carbocycles. The Morgan fingerprint density at radius 1 is 0.852 bits per heavy atom. The van der Waals surface area contributed by atoms with E-state index in [2.05, 4.69) is 5.32 Å². The van der Waals surface area contributed by atoms with Gasteiger partial charge in [0.1, 0.15) is 6.04 Å². The molecule has 3 rings (SSSR count). The number of amides is 1. The number of aliphatic carboxylic acids is 1. The highest BCUT2D eigenvalue weighted by molar-refractivity contribution is 6.31. The van der Waals surface area contributed by atoms with E-state index in [-0.39, 0.29) is 6.42 Å². The number of halogens is 1. The number of hydrogen-bond acceptors (Lipinski definition) is 2. The van der Waals surface area contributed by atoms with Crippen molar-refractivity contribution in [2.24, 2.45) is 0 Å². The molecule has 5 heteroatoms. The summed E-state index contributed by atoms with van der Waals surface area (Å²) in [4.78, 5) is 24.0. The van der Waals surface area contributed by atoms with Crippen LogP contribution >= 0.6 is 11.6 Å². The second kappa shape index (κ2) is 8.52. The molecule has 1 amide bonds. The molecule has 0 spiro atoms. The Morgan fingerprint density at radius 2 is 1.44 bits per heavy atom. The lowest BCUT2D eigenvalue weighted by atomic mass is 10.0. The van der Waals surface area contributed by atoms with E-state index in [0.29, 0.717) is 16.1 Å². The Morgan fingerprint density at radius 3 is 2.07 bits per heavy atom. The second-order valence-corrected chi connectivity index (χ2v) is 6.51. The fraction of sp³-hybridized carbons (Fsp3) is 0.0909. The van der Waals surface area contributed by atoms with Crippen molar-refractivity contribution in [1.82, 2.24) is 5.32 Å². The summed E-state index contributed by atoms with van der Waals surface area (Å²) in [6.07, 6.45) is 0.114. The van der Waals surface area contributed by atoms with Crippen LogP contribution in [0.5, 0.6) is 0 Å². The summed E-state index contributed by atoms with van der Waals surface area (Å²) in [5, 5.41) is 12.5. The third-order valence-corrected chi connectivity index (χ3v) is 4.61. The average molecular weight is 380 g/mol. The summed E-state index contributed by atoms with van der Waals surface area (Å²) in [6, 6.07) is 22.8. The van der Waals surface area contributed by atoms with Gasteiger partial charge in [-0.3, -0.25) is 4.79 Å². The molecule has 0 fully saturated rings. The first kappa shape index (κ1) is 18.7. The summed E-state index contributed by atoms with van der Waals surface area (Å²) in [5.74, 6) is -1.54. The molecule has 0 aliphatic rings. The van der Waals surface area contributed by atoms with Crippen LogP contribution in [0.2, 0.25) is 5.02 Å². The van der Waals surface area contributed by atoms with Gasteiger partial charge in [0.2, 0.25) is 0 Å². The van der Waals surface area contributed by atoms with E-state index < -0.39 is 17.9 Å². The zero-order valence-electron chi connectivity index (χ0n) is 14.4. The van der Waals surface area contributed by atoms with Crippen LogP contribution in [-0.2, 0) is 11.2 Å². The zero-order valence-corrected chi connectivity index (χ0v) is 15.2. The number of benzene rings is 3. The van der Waals surface area contributed by atoms with Crippen LogP contribution in [0, 0.1) is 0 Å². The molecule has 2 N–H and O–H groups in total. The van der Waals surface area contributed by atoms with Gasteiger partial charge < -0.3 is 10.4 Å². The fourth-order valence-corrected chi connectivity index (χ4v) is 2.98. The second-order valence-electron chi connectivity index (χ2n) is 6.10. The van der Waals surface area contributed by atoms with Crippen molar-refractivity contribution in [3.8, 4) is 11.1 Å². The number of carboxylic acid groups (broad SMARTS) is 1. The largest absolute Gasteiger partial charge is 0.480 e. The van der Waals surface area contributed by atoms with Crippen LogP contribution in [0.15, 0.2) is 78.9 Å². The minimum Gasteiger partial charge on any atom is -0.480 e. The van der Waals surface area contributed by atoms with Crippen LogP contribution in [0.25, 0.3) is 11.1 Å². The molecule has 0 bridgehead atoms. The standard InChI is InChI=1S/C22H18ClNO3/c23-19-9-5-4-8-18(19)14-20(22(26)27)24-21(25)17-12-10-16(11-13-17)15-6-2-1-3-7-15/h1-13,20H,14H2,(H,24,25)(H,26,27)/t20-/m0/s1. The van der Waals surface area contributed by atoms with Crippen molar-refractivity contribution in [3.63, 3.8) is 0 Å². The summed E-state index contributed by atoms with van der Waals surface area (Å²) >= 11 is 6.10. The highest BCUT2D eigenvalue weighted by Gasteiger charge is 2.22. The number of carbonyl (C=O) groups excluding carboxylic acids is 1. The van der Waals surface area contributed by atoms with Gasteiger partial charge in [-0.25, -0.2) is 4.79 Å². The van der Waals surface area contributed by atoms with Crippen LogP contribution in [0.3, 0.4) is 0 Å². The number of carbonyl (C=O) groups is 2. The summed E-state index contributed by atoms with van der Waals surface area (Å²) < 4.78 is 0. The summed E-state index contributed by atoms with van der Waals surface area (Å²) in [7, 11) is 0. The minimum atomic E-state index is -1.11. The highest BCUT2D eigenvalue weighted by atomic mass is 35.5. The van der Waals surface area contributed by atoms with Crippen molar-refractivity contribution in [3.05, 3.63) is 95.0 Å². The average Bonchev–Trinajstić information content (AvgIpc) is 2.69. The molecule has 136 valence electrons. The molecule has 4 nitrogen and oxygen atoms in total. The maximum Gasteiger partial charge on any atom is 0.326 e. The third-order valence-electron chi connectivity index (χ3n) is 4.24. The number of nitrogens with one attached hydrogen (secondary N) is 1. The van der Waals surface area contributed by atoms with Gasteiger partial charge in [0.25, 0.3) is 5.91 Å². The van der Waals surface area contributed by atoms with Crippen molar-refractivity contribution >= 4 is 23.5 Å². The predicted molar refractivity (Wildman–Crippen MR) is 106 cm³/mol. The van der Waals surface area contributed by atoms with Crippen LogP contribution in [0.4, 0.5) is 0 Å². The van der Waals surface area contributed by atoms with Crippen molar-refractivity contribution in [2.75, 3.05) is 0 Å². The quantitative estimate of drug-likeness (QED) is 0.665. The van der Waals surface area contributed by atoms with E-state index in [1.54, 1.807) is 36.4 Å². The minimum absolute atomic E-state index is 0.114. The summed E-state index contributed by atoms with van der Waals surface area (Å²) in [6.45, 7) is 0. The predicted octanol–water partition coefficient (Wildman–Crippen LogP) is 4.43. The third kappa shape index (κ3) is 4.74. The van der Waals surface area contributed by atoms with E-state index in [1.165, 1.54) is 0 Å². The number of hydrogen-bond donors (Lipinski definition) is 2. The molecule has 3 aromatic carbocycles. The van der Waals surface area contributed by atoms with Gasteiger partial charge in [0.15, 0.2) is 0 Å². The molecule has 0 unspecified atom stereocenters. The monoisotopic (exact) mass is 379 g/mol. The molecular weight excluding hydrogens is 362 g/mol. The molecule has 3 aromatic rings. The molecule has 1 atom stereocenters. The van der Waals surface area contributed by atoms with Gasteiger partial charge in [-0.2, -0.15) is 0 Å². The van der Waals surface area contributed by atoms with Gasteiger partial charge in [0.05, 0.1) is 0 Å². The van der Waals surface area contributed by atoms with Gasteiger partial charge in [-0.15, -0.1) is 0 Å². The first-order valence-corrected chi connectivity index (χ1v) is 8.85. The molecule has 0 aliphatic carbocycles. The zero-order chi connectivity index (χ0) is 19.2. The van der Waals surface area contributed by atoms with Gasteiger partial charge in [-0.05, 0) is 34.9 Å². The SMILES string of the molecule is O=C(N[C@@H](Cc1ccccc1Cl)C(=O)O)c1ccc(-c2ccccc2)cc1. The summed E-state index contributed by atoms with van der Waals surface area (Å²) in [5.41, 5.74) is 3.11.